The third-order valence-electron chi connectivity index (χ3n) is 5.02. The van der Waals surface area contributed by atoms with E-state index in [1.807, 2.05) is 13.0 Å². The van der Waals surface area contributed by atoms with Crippen molar-refractivity contribution in [3.05, 3.63) is 77.0 Å². The third-order valence-corrected chi connectivity index (χ3v) is 5.02. The largest absolute Gasteiger partial charge is 0.493 e. The molecule has 1 atom stereocenters. The first-order valence-electron chi connectivity index (χ1n) is 9.42. The molecule has 7 nitrogen and oxygen atoms in total. The second-order valence-electron chi connectivity index (χ2n) is 6.94. The van der Waals surface area contributed by atoms with Crippen molar-refractivity contribution < 1.29 is 18.7 Å². The fraction of sp³-hybridized carbons (Fsp3) is 0.227. The van der Waals surface area contributed by atoms with Gasteiger partial charge < -0.3 is 14.8 Å². The summed E-state index contributed by atoms with van der Waals surface area (Å²) in [6.07, 6.45) is 1.44. The highest BCUT2D eigenvalue weighted by Crippen LogP contribution is 2.38. The van der Waals surface area contributed by atoms with Gasteiger partial charge in [0.25, 0.3) is 0 Å². The monoisotopic (exact) mass is 408 g/mol. The lowest BCUT2D eigenvalue weighted by atomic mass is 9.93. The van der Waals surface area contributed by atoms with Gasteiger partial charge in [-0.15, -0.1) is 0 Å². The van der Waals surface area contributed by atoms with Gasteiger partial charge in [-0.2, -0.15) is 10.1 Å². The third kappa shape index (κ3) is 3.52. The quantitative estimate of drug-likeness (QED) is 0.667. The number of rotatable bonds is 6. The van der Waals surface area contributed by atoms with Gasteiger partial charge in [-0.05, 0) is 37.6 Å². The number of nitrogens with zero attached hydrogens (tertiary/aromatic N) is 3. The number of benzene rings is 2. The number of carbonyl (C=O) groups excluding carboxylic acids is 1. The molecule has 2 aromatic carbocycles. The Kier molecular flexibility index (Phi) is 5.22. The lowest BCUT2D eigenvalue weighted by molar-refractivity contribution is -0.114. The maximum absolute atomic E-state index is 13.9. The van der Waals surface area contributed by atoms with Crippen molar-refractivity contribution in [2.45, 2.75) is 26.5 Å². The number of nitrogens with one attached hydrogen (secondary N) is 1. The van der Waals surface area contributed by atoms with E-state index in [-0.39, 0.29) is 18.2 Å². The Morgan fingerprint density at radius 3 is 2.77 bits per heavy atom. The number of hydrogen-bond donors (Lipinski definition) is 1. The van der Waals surface area contributed by atoms with Gasteiger partial charge in [0.1, 0.15) is 24.8 Å². The summed E-state index contributed by atoms with van der Waals surface area (Å²) < 4.78 is 26.8. The first-order chi connectivity index (χ1) is 14.5. The van der Waals surface area contributed by atoms with Crippen molar-refractivity contribution in [2.75, 3.05) is 12.4 Å². The van der Waals surface area contributed by atoms with Crippen molar-refractivity contribution in [1.82, 2.24) is 14.8 Å². The van der Waals surface area contributed by atoms with Crippen LogP contribution in [0, 0.1) is 5.82 Å². The summed E-state index contributed by atoms with van der Waals surface area (Å²) in [7, 11) is 1.53. The van der Waals surface area contributed by atoms with Crippen molar-refractivity contribution in [2.24, 2.45) is 0 Å². The Morgan fingerprint density at radius 1 is 1.23 bits per heavy atom. The molecule has 0 saturated heterocycles. The molecule has 0 saturated carbocycles. The molecule has 1 aliphatic rings. The maximum atomic E-state index is 13.9. The number of ether oxygens (including phenoxy) is 2. The fourth-order valence-electron chi connectivity index (χ4n) is 3.60. The van der Waals surface area contributed by atoms with E-state index < -0.39 is 6.04 Å². The average molecular weight is 408 g/mol. The fourth-order valence-corrected chi connectivity index (χ4v) is 3.60. The molecule has 0 unspecified atom stereocenters. The molecule has 0 spiro atoms. The number of fused-ring (bicyclic) bond motifs is 1. The van der Waals surface area contributed by atoms with E-state index in [4.69, 9.17) is 9.47 Å². The van der Waals surface area contributed by atoms with Crippen LogP contribution < -0.4 is 14.8 Å². The molecule has 0 aliphatic carbocycles. The summed E-state index contributed by atoms with van der Waals surface area (Å²) in [6, 6.07) is 11.4. The highest BCUT2D eigenvalue weighted by atomic mass is 19.1. The highest BCUT2D eigenvalue weighted by Gasteiger charge is 2.32. The predicted octanol–water partition coefficient (Wildman–Crippen LogP) is 3.88. The minimum Gasteiger partial charge on any atom is -0.493 e. The topological polar surface area (TPSA) is 78.3 Å². The van der Waals surface area contributed by atoms with Crippen LogP contribution in [0.2, 0.25) is 0 Å². The molecule has 4 rings (SSSR count). The average Bonchev–Trinajstić information content (AvgIpc) is 3.20. The molecule has 1 aliphatic heterocycles. The Bertz CT molecular complexity index is 1140. The SMILES string of the molecule is COc1cc([C@@H]2C(C(C)=O)=C(C)Nc3ncnn32)ccc1OCc1ccccc1F. The number of carbonyl (C=O) groups is 1. The van der Waals surface area contributed by atoms with Gasteiger partial charge in [-0.25, -0.2) is 9.07 Å². The van der Waals surface area contributed by atoms with E-state index in [0.29, 0.717) is 28.6 Å². The van der Waals surface area contributed by atoms with Crippen LogP contribution in [0.3, 0.4) is 0 Å². The normalized spacial score (nSPS) is 15.4. The number of aromatic nitrogens is 3. The molecule has 0 radical (unpaired) electrons. The maximum Gasteiger partial charge on any atom is 0.226 e. The molecule has 3 aromatic rings. The van der Waals surface area contributed by atoms with Crippen LogP contribution in [0.5, 0.6) is 11.5 Å². The van der Waals surface area contributed by atoms with E-state index in [1.165, 1.54) is 26.4 Å². The van der Waals surface area contributed by atoms with Gasteiger partial charge in [-0.1, -0.05) is 24.3 Å². The lowest BCUT2D eigenvalue weighted by Crippen LogP contribution is -2.27. The molecule has 2 heterocycles. The zero-order valence-electron chi connectivity index (χ0n) is 16.8. The van der Waals surface area contributed by atoms with Crippen LogP contribution in [0.25, 0.3) is 0 Å². The van der Waals surface area contributed by atoms with Crippen LogP contribution >= 0.6 is 0 Å². The number of halogens is 1. The van der Waals surface area contributed by atoms with Crippen LogP contribution in [0.1, 0.15) is 31.0 Å². The molecular weight excluding hydrogens is 387 g/mol. The van der Waals surface area contributed by atoms with Gasteiger partial charge in [0.15, 0.2) is 17.3 Å². The van der Waals surface area contributed by atoms with Crippen molar-refractivity contribution in [1.29, 1.82) is 0 Å². The predicted molar refractivity (Wildman–Crippen MR) is 109 cm³/mol. The molecule has 30 heavy (non-hydrogen) atoms. The van der Waals surface area contributed by atoms with Gasteiger partial charge >= 0.3 is 0 Å². The number of ketones is 1. The van der Waals surface area contributed by atoms with Gasteiger partial charge in [-0.3, -0.25) is 4.79 Å². The second-order valence-corrected chi connectivity index (χ2v) is 6.94. The van der Waals surface area contributed by atoms with Crippen LogP contribution in [-0.4, -0.2) is 27.7 Å². The van der Waals surface area contributed by atoms with Gasteiger partial charge in [0.05, 0.1) is 7.11 Å². The molecule has 1 aromatic heterocycles. The number of methoxy groups -OCH3 is 1. The summed E-state index contributed by atoms with van der Waals surface area (Å²) in [4.78, 5) is 16.6. The Balaban J connectivity index is 1.69. The van der Waals surface area contributed by atoms with Crippen LogP contribution in [-0.2, 0) is 11.4 Å². The van der Waals surface area contributed by atoms with Crippen LogP contribution in [0.15, 0.2) is 60.1 Å². The van der Waals surface area contributed by atoms with E-state index in [2.05, 4.69) is 15.4 Å². The van der Waals surface area contributed by atoms with E-state index in [9.17, 15) is 9.18 Å². The van der Waals surface area contributed by atoms with Crippen molar-refractivity contribution in [3.8, 4) is 11.5 Å². The standard InChI is InChI=1S/C22H21FN4O3/c1-13-20(14(2)28)21(27-22(26-13)24-12-25-27)15-8-9-18(19(10-15)29-3)30-11-16-6-4-5-7-17(16)23/h4-10,12,21H,11H2,1-3H3,(H,24,25,26)/t21-/m1/s1. The zero-order valence-corrected chi connectivity index (χ0v) is 16.8. The van der Waals surface area contributed by atoms with Crippen molar-refractivity contribution in [3.63, 3.8) is 0 Å². The van der Waals surface area contributed by atoms with E-state index in [1.54, 1.807) is 35.0 Å². The van der Waals surface area contributed by atoms with E-state index >= 15 is 0 Å². The minimum atomic E-state index is -0.448. The second kappa shape index (κ2) is 7.98. The van der Waals surface area contributed by atoms with Crippen molar-refractivity contribution >= 4 is 11.7 Å². The summed E-state index contributed by atoms with van der Waals surface area (Å²) in [5.74, 6) is 1.12. The zero-order chi connectivity index (χ0) is 21.3. The molecule has 8 heteroatoms. The Hall–Kier alpha value is -3.68. The summed E-state index contributed by atoms with van der Waals surface area (Å²) in [5, 5.41) is 7.40. The summed E-state index contributed by atoms with van der Waals surface area (Å²) >= 11 is 0. The first-order valence-corrected chi connectivity index (χ1v) is 9.42. The first kappa shape index (κ1) is 19.6. The Morgan fingerprint density at radius 2 is 2.03 bits per heavy atom. The minimum absolute atomic E-state index is 0.0648. The summed E-state index contributed by atoms with van der Waals surface area (Å²) in [5.41, 5.74) is 2.57. The van der Waals surface area contributed by atoms with E-state index in [0.717, 1.165) is 11.3 Å². The van der Waals surface area contributed by atoms with Gasteiger partial charge in [0.2, 0.25) is 5.95 Å². The molecule has 154 valence electrons. The lowest BCUT2D eigenvalue weighted by Gasteiger charge is -2.28. The molecule has 0 bridgehead atoms. The smallest absolute Gasteiger partial charge is 0.226 e. The number of Topliss-reactive ketones (excluding diaryl/α,β-unsaturated/α-hetero) is 1. The number of allylic oxidation sites excluding steroid dienone is 2. The number of hydrogen-bond acceptors (Lipinski definition) is 6. The Labute approximate surface area is 173 Å². The molecular formula is C22H21FN4O3. The van der Waals surface area contributed by atoms with Crippen LogP contribution in [0.4, 0.5) is 10.3 Å². The molecule has 0 amide bonds. The summed E-state index contributed by atoms with van der Waals surface area (Å²) in [6.45, 7) is 3.43. The number of anilines is 1. The molecule has 1 N–H and O–H groups in total. The van der Waals surface area contributed by atoms with Gasteiger partial charge in [0, 0.05) is 16.8 Å². The highest BCUT2D eigenvalue weighted by molar-refractivity contribution is 5.96. The molecule has 0 fully saturated rings.